The van der Waals surface area contributed by atoms with Crippen LogP contribution in [0.4, 0.5) is 25.0 Å². The van der Waals surface area contributed by atoms with Crippen LogP contribution in [0.2, 0.25) is 0 Å². The van der Waals surface area contributed by atoms with E-state index in [1.807, 2.05) is 22.3 Å². The molecular formula is C17H17F2N3O4. The first-order chi connectivity index (χ1) is 12.4. The van der Waals surface area contributed by atoms with Crippen molar-refractivity contribution in [2.24, 2.45) is 0 Å². The predicted molar refractivity (Wildman–Crippen MR) is 89.2 cm³/mol. The zero-order chi connectivity index (χ0) is 18.7. The van der Waals surface area contributed by atoms with Gasteiger partial charge in [0.25, 0.3) is 5.91 Å². The molecule has 26 heavy (non-hydrogen) atoms. The molecule has 0 saturated carbocycles. The van der Waals surface area contributed by atoms with Gasteiger partial charge in [-0.3, -0.25) is 14.5 Å². The summed E-state index contributed by atoms with van der Waals surface area (Å²) in [7, 11) is 0. The number of ketones is 1. The van der Waals surface area contributed by atoms with Crippen molar-refractivity contribution in [2.75, 3.05) is 29.4 Å². The van der Waals surface area contributed by atoms with Gasteiger partial charge in [0.05, 0.1) is 13.1 Å². The molecule has 1 saturated heterocycles. The van der Waals surface area contributed by atoms with E-state index in [9.17, 15) is 23.2 Å². The number of nitrogens with zero attached hydrogens (tertiary/aromatic N) is 2. The molecule has 1 atom stereocenters. The third-order valence-corrected chi connectivity index (χ3v) is 4.11. The highest BCUT2D eigenvalue weighted by atomic mass is 19.3. The maximum absolute atomic E-state index is 12.2. The molecule has 1 aromatic carbocycles. The fourth-order valence-electron chi connectivity index (χ4n) is 2.73. The summed E-state index contributed by atoms with van der Waals surface area (Å²) >= 11 is 0. The van der Waals surface area contributed by atoms with Gasteiger partial charge in [-0.05, 0) is 30.3 Å². The maximum Gasteiger partial charge on any atom is 0.414 e. The van der Waals surface area contributed by atoms with Gasteiger partial charge in [0.2, 0.25) is 0 Å². The van der Waals surface area contributed by atoms with E-state index in [0.717, 1.165) is 5.69 Å². The Kier molecular flexibility index (Phi) is 5.15. The second-order valence-electron chi connectivity index (χ2n) is 5.90. The van der Waals surface area contributed by atoms with E-state index in [0.29, 0.717) is 18.7 Å². The lowest BCUT2D eigenvalue weighted by Gasteiger charge is -2.23. The van der Waals surface area contributed by atoms with E-state index in [1.165, 1.54) is 11.0 Å². The van der Waals surface area contributed by atoms with Crippen LogP contribution in [0.3, 0.4) is 0 Å². The van der Waals surface area contributed by atoms with Crippen LogP contribution in [0.15, 0.2) is 36.5 Å². The fourth-order valence-corrected chi connectivity index (χ4v) is 2.73. The number of carbonyl (C=O) groups excluding carboxylic acids is 3. The van der Waals surface area contributed by atoms with Crippen molar-refractivity contribution in [2.45, 2.75) is 19.0 Å². The number of halogens is 2. The molecule has 0 bridgehead atoms. The van der Waals surface area contributed by atoms with Gasteiger partial charge in [-0.25, -0.2) is 4.79 Å². The minimum absolute atomic E-state index is 0.0858. The molecule has 3 rings (SSSR count). The largest absolute Gasteiger partial charge is 0.442 e. The normalized spacial score (nSPS) is 19.9. The van der Waals surface area contributed by atoms with Gasteiger partial charge in [0.1, 0.15) is 6.10 Å². The van der Waals surface area contributed by atoms with Crippen LogP contribution in [0, 0.1) is 0 Å². The molecular weight excluding hydrogens is 348 g/mol. The molecule has 138 valence electrons. The van der Waals surface area contributed by atoms with Gasteiger partial charge in [-0.2, -0.15) is 8.78 Å². The first-order valence-electron chi connectivity index (χ1n) is 8.06. The summed E-state index contributed by atoms with van der Waals surface area (Å²) in [5.41, 5.74) is 1.48. The maximum atomic E-state index is 12.2. The van der Waals surface area contributed by atoms with Crippen molar-refractivity contribution >= 4 is 29.2 Å². The summed E-state index contributed by atoms with van der Waals surface area (Å²) in [5, 5.41) is 2.04. The van der Waals surface area contributed by atoms with Crippen molar-refractivity contribution in [3.8, 4) is 0 Å². The fraction of sp³-hybridized carbons (Fsp3) is 0.353. The van der Waals surface area contributed by atoms with E-state index in [2.05, 4.69) is 0 Å². The highest BCUT2D eigenvalue weighted by Gasteiger charge is 2.33. The number of rotatable bonds is 5. The number of amides is 2. The summed E-state index contributed by atoms with van der Waals surface area (Å²) in [6, 6.07) is 7.10. The molecule has 1 N–H and O–H groups in total. The van der Waals surface area contributed by atoms with Crippen LogP contribution in [-0.4, -0.2) is 49.9 Å². The average Bonchev–Trinajstić information content (AvgIpc) is 3.01. The molecule has 0 aromatic heterocycles. The van der Waals surface area contributed by atoms with Gasteiger partial charge < -0.3 is 15.0 Å². The van der Waals surface area contributed by atoms with Gasteiger partial charge in [0.15, 0.2) is 5.78 Å². The number of allylic oxidation sites excluding steroid dienone is 1. The number of hydrogen-bond acceptors (Lipinski definition) is 5. The lowest BCUT2D eigenvalue weighted by molar-refractivity contribution is -0.132. The molecule has 2 amide bonds. The summed E-state index contributed by atoms with van der Waals surface area (Å²) in [5.74, 6) is -1.31. The topological polar surface area (TPSA) is 79.0 Å². The Hall–Kier alpha value is -2.97. The minimum Gasteiger partial charge on any atom is -0.442 e. The number of carbonyl (C=O) groups is 3. The summed E-state index contributed by atoms with van der Waals surface area (Å²) < 4.78 is 29.4. The van der Waals surface area contributed by atoms with Gasteiger partial charge in [-0.1, -0.05) is 0 Å². The number of alkyl halides is 2. The van der Waals surface area contributed by atoms with E-state index >= 15 is 0 Å². The van der Waals surface area contributed by atoms with Gasteiger partial charge in [0, 0.05) is 30.5 Å². The van der Waals surface area contributed by atoms with Crippen LogP contribution < -0.4 is 15.1 Å². The van der Waals surface area contributed by atoms with Crippen molar-refractivity contribution in [1.29, 1.82) is 0 Å². The van der Waals surface area contributed by atoms with E-state index < -0.39 is 24.5 Å². The SMILES string of the molecule is O=C1C=CN(c2ccc(N3C[C@H](CNC(=O)C(F)F)OC3=O)cc2)CC1. The second kappa shape index (κ2) is 7.51. The number of cyclic esters (lactones) is 1. The number of hydrogen-bond donors (Lipinski definition) is 1. The highest BCUT2D eigenvalue weighted by molar-refractivity contribution is 5.92. The molecule has 1 fully saturated rings. The number of nitrogens with one attached hydrogen (secondary N) is 1. The molecule has 0 spiro atoms. The monoisotopic (exact) mass is 365 g/mol. The Morgan fingerprint density at radius 3 is 2.54 bits per heavy atom. The Morgan fingerprint density at radius 1 is 1.23 bits per heavy atom. The molecule has 9 heteroatoms. The van der Waals surface area contributed by atoms with Crippen LogP contribution in [0.5, 0.6) is 0 Å². The molecule has 1 aromatic rings. The Morgan fingerprint density at radius 2 is 1.92 bits per heavy atom. The number of anilines is 2. The Bertz CT molecular complexity index is 736. The standard InChI is InChI=1S/C17H17F2N3O4/c18-15(19)16(24)20-9-14-10-22(17(25)26-14)12-3-1-11(2-4-12)21-7-5-13(23)6-8-21/h1-5,7,14-15H,6,8-10H2,(H,20,24)/t14-/m0/s1. The summed E-state index contributed by atoms with van der Waals surface area (Å²) in [6.07, 6.45) is -0.712. The van der Waals surface area contributed by atoms with Gasteiger partial charge in [-0.15, -0.1) is 0 Å². The van der Waals surface area contributed by atoms with Crippen molar-refractivity contribution in [1.82, 2.24) is 5.32 Å². The van der Waals surface area contributed by atoms with Crippen LogP contribution in [-0.2, 0) is 14.3 Å². The zero-order valence-electron chi connectivity index (χ0n) is 13.7. The summed E-state index contributed by atoms with van der Waals surface area (Å²) in [4.78, 5) is 37.4. The summed E-state index contributed by atoms with van der Waals surface area (Å²) in [6.45, 7) is 0.572. The third-order valence-electron chi connectivity index (χ3n) is 4.11. The molecule has 2 aliphatic rings. The van der Waals surface area contributed by atoms with E-state index in [-0.39, 0.29) is 18.9 Å². The molecule has 2 heterocycles. The first-order valence-corrected chi connectivity index (χ1v) is 8.06. The average molecular weight is 365 g/mol. The molecule has 2 aliphatic heterocycles. The highest BCUT2D eigenvalue weighted by Crippen LogP contribution is 2.25. The van der Waals surface area contributed by atoms with Crippen molar-refractivity contribution < 1.29 is 27.9 Å². The molecule has 0 unspecified atom stereocenters. The van der Waals surface area contributed by atoms with E-state index in [4.69, 9.17) is 4.74 Å². The molecule has 0 aliphatic carbocycles. The third kappa shape index (κ3) is 3.98. The molecule has 7 nitrogen and oxygen atoms in total. The smallest absolute Gasteiger partial charge is 0.414 e. The Labute approximate surface area is 148 Å². The quantitative estimate of drug-likeness (QED) is 0.859. The molecule has 0 radical (unpaired) electrons. The second-order valence-corrected chi connectivity index (χ2v) is 5.90. The van der Waals surface area contributed by atoms with Gasteiger partial charge >= 0.3 is 12.5 Å². The van der Waals surface area contributed by atoms with Crippen molar-refractivity contribution in [3.05, 3.63) is 36.5 Å². The first kappa shape index (κ1) is 17.8. The minimum atomic E-state index is -3.10. The van der Waals surface area contributed by atoms with Crippen LogP contribution in [0.25, 0.3) is 0 Å². The number of benzene rings is 1. The lowest BCUT2D eigenvalue weighted by Crippen LogP contribution is -2.37. The number of ether oxygens (including phenoxy) is 1. The van der Waals surface area contributed by atoms with Crippen LogP contribution in [0.1, 0.15) is 6.42 Å². The lowest BCUT2D eigenvalue weighted by atomic mass is 10.1. The van der Waals surface area contributed by atoms with Crippen LogP contribution >= 0.6 is 0 Å². The zero-order valence-corrected chi connectivity index (χ0v) is 13.7. The van der Waals surface area contributed by atoms with Crippen molar-refractivity contribution in [3.63, 3.8) is 0 Å². The Balaban J connectivity index is 1.60. The predicted octanol–water partition coefficient (Wildman–Crippen LogP) is 1.69. The van der Waals surface area contributed by atoms with E-state index in [1.54, 1.807) is 18.3 Å².